The second kappa shape index (κ2) is 7.15. The smallest absolute Gasteiger partial charge is 0.356 e. The van der Waals surface area contributed by atoms with E-state index < -0.39 is 5.97 Å². The van der Waals surface area contributed by atoms with Crippen molar-refractivity contribution in [2.45, 2.75) is 18.9 Å². The summed E-state index contributed by atoms with van der Waals surface area (Å²) in [7, 11) is 1.31. The van der Waals surface area contributed by atoms with Gasteiger partial charge in [0.1, 0.15) is 5.82 Å². The summed E-state index contributed by atoms with van der Waals surface area (Å²) < 4.78 is 5.60. The highest BCUT2D eigenvalue weighted by atomic mass is 79.9. The van der Waals surface area contributed by atoms with E-state index in [1.165, 1.54) is 7.11 Å². The molecule has 0 unspecified atom stereocenters. The number of ether oxygens (including phenoxy) is 1. The molecule has 2 aromatic heterocycles. The lowest BCUT2D eigenvalue weighted by molar-refractivity contribution is 0.0594. The van der Waals surface area contributed by atoms with Crippen LogP contribution >= 0.6 is 15.9 Å². The fourth-order valence-corrected chi connectivity index (χ4v) is 3.88. The second-order valence-corrected chi connectivity index (χ2v) is 7.35. The molecule has 2 amide bonds. The molecule has 1 N–H and O–H groups in total. The van der Waals surface area contributed by atoms with Crippen LogP contribution in [0.5, 0.6) is 0 Å². The third-order valence-electron chi connectivity index (χ3n) is 4.76. The van der Waals surface area contributed by atoms with E-state index in [0.717, 1.165) is 36.1 Å². The van der Waals surface area contributed by atoms with Gasteiger partial charge in [-0.2, -0.15) is 0 Å². The van der Waals surface area contributed by atoms with Crippen molar-refractivity contribution in [3.05, 3.63) is 40.6 Å². The van der Waals surface area contributed by atoms with Gasteiger partial charge in [0, 0.05) is 23.8 Å². The topological polar surface area (TPSA) is 87.7 Å². The van der Waals surface area contributed by atoms with Gasteiger partial charge in [-0.1, -0.05) is 15.9 Å². The molecule has 0 aliphatic carbocycles. The van der Waals surface area contributed by atoms with Crippen LogP contribution in [0.1, 0.15) is 23.3 Å². The highest BCUT2D eigenvalue weighted by molar-refractivity contribution is 9.10. The number of halogens is 1. The van der Waals surface area contributed by atoms with Crippen LogP contribution in [0.2, 0.25) is 0 Å². The Balaban J connectivity index is 1.72. The first kappa shape index (κ1) is 17.7. The highest BCUT2D eigenvalue weighted by Crippen LogP contribution is 2.38. The lowest BCUT2D eigenvalue weighted by Gasteiger charge is -2.45. The van der Waals surface area contributed by atoms with Crippen LogP contribution in [-0.4, -0.2) is 48.2 Å². The summed E-state index contributed by atoms with van der Waals surface area (Å²) in [4.78, 5) is 37.5. The number of esters is 1. The largest absolute Gasteiger partial charge is 0.464 e. The number of pyridine rings is 2. The molecule has 4 rings (SSSR count). The first-order chi connectivity index (χ1) is 13.1. The van der Waals surface area contributed by atoms with Crippen molar-refractivity contribution < 1.29 is 14.3 Å². The van der Waals surface area contributed by atoms with Crippen molar-refractivity contribution >= 4 is 45.3 Å². The fourth-order valence-electron chi connectivity index (χ4n) is 3.55. The Morgan fingerprint density at radius 1 is 1.33 bits per heavy atom. The molecule has 1 atom stereocenters. The maximum Gasteiger partial charge on any atom is 0.356 e. The lowest BCUT2D eigenvalue weighted by atomic mass is 10.00. The van der Waals surface area contributed by atoms with Gasteiger partial charge in [0.25, 0.3) is 0 Å². The van der Waals surface area contributed by atoms with E-state index in [-0.39, 0.29) is 17.8 Å². The minimum atomic E-state index is -0.530. The molecule has 140 valence electrons. The zero-order valence-corrected chi connectivity index (χ0v) is 16.3. The van der Waals surface area contributed by atoms with Crippen LogP contribution in [0.15, 0.2) is 34.9 Å². The molecule has 2 aliphatic heterocycles. The van der Waals surface area contributed by atoms with E-state index in [9.17, 15) is 9.59 Å². The van der Waals surface area contributed by atoms with E-state index in [0.29, 0.717) is 11.6 Å². The minimum Gasteiger partial charge on any atom is -0.464 e. The van der Waals surface area contributed by atoms with E-state index in [2.05, 4.69) is 36.1 Å². The van der Waals surface area contributed by atoms with E-state index in [1.807, 2.05) is 6.07 Å². The van der Waals surface area contributed by atoms with Crippen molar-refractivity contribution in [2.24, 2.45) is 0 Å². The molecule has 2 aromatic rings. The number of amides is 2. The number of carbonyl (C=O) groups is 2. The summed E-state index contributed by atoms with van der Waals surface area (Å²) in [5, 5.41) is 2.83. The van der Waals surface area contributed by atoms with E-state index in [1.54, 1.807) is 29.3 Å². The molecule has 27 heavy (non-hydrogen) atoms. The molecule has 8 nitrogen and oxygen atoms in total. The minimum absolute atomic E-state index is 0.0150. The number of nitrogens with one attached hydrogen (secondary N) is 1. The number of nitrogens with zero attached hydrogens (tertiary/aromatic N) is 4. The summed E-state index contributed by atoms with van der Waals surface area (Å²) in [5.74, 6) is 0.386. The molecule has 2 bridgehead atoms. The number of fused-ring (bicyclic) bond motifs is 4. The van der Waals surface area contributed by atoms with Gasteiger partial charge in [0.05, 0.1) is 18.8 Å². The number of piperidine rings is 1. The number of carbonyl (C=O) groups excluding carboxylic acids is 2. The third-order valence-corrected chi connectivity index (χ3v) is 5.25. The maximum absolute atomic E-state index is 13.1. The van der Waals surface area contributed by atoms with Gasteiger partial charge in [-0.15, -0.1) is 0 Å². The van der Waals surface area contributed by atoms with Gasteiger partial charge >= 0.3 is 12.0 Å². The van der Waals surface area contributed by atoms with E-state index >= 15 is 0 Å². The van der Waals surface area contributed by atoms with Crippen LogP contribution in [0.4, 0.5) is 22.1 Å². The summed E-state index contributed by atoms with van der Waals surface area (Å²) in [6, 6.07) is 6.64. The molecular formula is C18H18BrN5O3. The summed E-state index contributed by atoms with van der Waals surface area (Å²) in [6.07, 6.45) is 3.47. The van der Waals surface area contributed by atoms with Gasteiger partial charge in [-0.3, -0.25) is 10.2 Å². The van der Waals surface area contributed by atoms with Crippen molar-refractivity contribution in [3.8, 4) is 0 Å². The van der Waals surface area contributed by atoms with Crippen LogP contribution in [0.3, 0.4) is 0 Å². The standard InChI is InChI=1S/C18H18BrN5O3/c1-27-17(25)13-4-5-14-16(21-13)24(12-3-2-8-23(14)10-12)18(26)22-15-9-11(19)6-7-20-15/h4-7,9,12H,2-3,8,10H2,1H3,(H,20,22,26)/t12-/m0/s1. The Morgan fingerprint density at radius 2 is 2.19 bits per heavy atom. The molecule has 4 heterocycles. The van der Waals surface area contributed by atoms with Crippen molar-refractivity contribution in [3.63, 3.8) is 0 Å². The highest BCUT2D eigenvalue weighted by Gasteiger charge is 2.38. The Kier molecular flexibility index (Phi) is 4.69. The van der Waals surface area contributed by atoms with Gasteiger partial charge in [0.15, 0.2) is 11.5 Å². The summed E-state index contributed by atoms with van der Waals surface area (Å²) in [6.45, 7) is 1.65. The fraction of sp³-hybridized carbons (Fsp3) is 0.333. The summed E-state index contributed by atoms with van der Waals surface area (Å²) >= 11 is 3.37. The van der Waals surface area contributed by atoms with Crippen molar-refractivity contribution in [1.29, 1.82) is 0 Å². The number of anilines is 3. The van der Waals surface area contributed by atoms with Gasteiger partial charge in [-0.05, 0) is 37.1 Å². The average molecular weight is 432 g/mol. The normalized spacial score (nSPS) is 17.9. The average Bonchev–Trinajstić information content (AvgIpc) is 2.67. The first-order valence-electron chi connectivity index (χ1n) is 8.63. The number of hydrogen-bond donors (Lipinski definition) is 1. The lowest BCUT2D eigenvalue weighted by Crippen LogP contribution is -2.56. The Bertz CT molecular complexity index is 906. The van der Waals surface area contributed by atoms with Crippen molar-refractivity contribution in [2.75, 3.05) is 35.3 Å². The van der Waals surface area contributed by atoms with Gasteiger partial charge < -0.3 is 9.64 Å². The summed E-state index contributed by atoms with van der Waals surface area (Å²) in [5.41, 5.74) is 1.02. The van der Waals surface area contributed by atoms with Crippen LogP contribution in [0, 0.1) is 0 Å². The number of aromatic nitrogens is 2. The third kappa shape index (κ3) is 3.34. The zero-order valence-electron chi connectivity index (χ0n) is 14.7. The number of urea groups is 1. The van der Waals surface area contributed by atoms with Crippen LogP contribution in [-0.2, 0) is 4.74 Å². The Hall–Kier alpha value is -2.68. The van der Waals surface area contributed by atoms with Gasteiger partial charge in [0.2, 0.25) is 0 Å². The Morgan fingerprint density at radius 3 is 2.96 bits per heavy atom. The van der Waals surface area contributed by atoms with E-state index in [4.69, 9.17) is 4.74 Å². The maximum atomic E-state index is 13.1. The molecule has 0 radical (unpaired) electrons. The SMILES string of the molecule is COC(=O)c1ccc2c(n1)N(C(=O)Nc1cc(Br)ccn1)[C@H]1CCCN2C1. The second-order valence-electron chi connectivity index (χ2n) is 6.43. The zero-order chi connectivity index (χ0) is 19.0. The molecule has 9 heteroatoms. The molecule has 0 saturated carbocycles. The molecule has 0 spiro atoms. The van der Waals surface area contributed by atoms with Gasteiger partial charge in [-0.25, -0.2) is 19.6 Å². The number of rotatable bonds is 2. The molecule has 2 aliphatic rings. The first-order valence-corrected chi connectivity index (χ1v) is 9.42. The molecule has 0 aromatic carbocycles. The number of methoxy groups -OCH3 is 1. The quantitative estimate of drug-likeness (QED) is 0.735. The Labute approximate surface area is 164 Å². The van der Waals surface area contributed by atoms with Crippen LogP contribution in [0.25, 0.3) is 0 Å². The number of hydrogen-bond acceptors (Lipinski definition) is 6. The molecule has 1 fully saturated rings. The molecular weight excluding hydrogens is 414 g/mol. The van der Waals surface area contributed by atoms with Crippen molar-refractivity contribution in [1.82, 2.24) is 9.97 Å². The van der Waals surface area contributed by atoms with Crippen LogP contribution < -0.4 is 15.1 Å². The monoisotopic (exact) mass is 431 g/mol. The molecule has 1 saturated heterocycles. The predicted octanol–water partition coefficient (Wildman–Crippen LogP) is 3.05. The predicted molar refractivity (Wildman–Crippen MR) is 104 cm³/mol.